The fraction of sp³-hybridized carbons (Fsp3) is 0.276. The largest absolute Gasteiger partial charge is 0.508 e. The number of rotatable bonds is 8. The summed E-state index contributed by atoms with van der Waals surface area (Å²) in [5.41, 5.74) is 2.53. The topological polar surface area (TPSA) is 49.8 Å². The lowest BCUT2D eigenvalue weighted by Crippen LogP contribution is -2.22. The fourth-order valence-corrected chi connectivity index (χ4v) is 5.90. The molecule has 1 atom stereocenters. The summed E-state index contributed by atoms with van der Waals surface area (Å²) in [5.74, 6) is 1.84. The predicted octanol–water partition coefficient (Wildman–Crippen LogP) is 6.62. The summed E-state index contributed by atoms with van der Waals surface area (Å²) < 4.78 is 6.89. The summed E-state index contributed by atoms with van der Waals surface area (Å²) >= 11 is 1.42. The van der Waals surface area contributed by atoms with Gasteiger partial charge in [0.25, 0.3) is 0 Å². The van der Waals surface area contributed by atoms with Crippen LogP contribution in [0.5, 0.6) is 11.5 Å². The Hall–Kier alpha value is -3.15. The second kappa shape index (κ2) is 10.00. The van der Waals surface area contributed by atoms with Gasteiger partial charge in [0.1, 0.15) is 11.5 Å². The van der Waals surface area contributed by atoms with Gasteiger partial charge in [-0.3, -0.25) is 4.79 Å². The van der Waals surface area contributed by atoms with E-state index in [1.807, 2.05) is 60.7 Å². The SMILES string of the molecule is C[C@H]1CCN(CCCOc2ccc(-c3c(C(=O)c4ccccc4)sc4cc(O)ccc34)cc2)C1. The Morgan fingerprint density at radius 3 is 2.62 bits per heavy atom. The highest BCUT2D eigenvalue weighted by atomic mass is 32.1. The summed E-state index contributed by atoms with van der Waals surface area (Å²) in [5, 5.41) is 10.9. The van der Waals surface area contributed by atoms with E-state index in [1.165, 1.54) is 30.8 Å². The summed E-state index contributed by atoms with van der Waals surface area (Å²) in [6, 6.07) is 22.6. The molecule has 1 saturated heterocycles. The first-order valence-corrected chi connectivity index (χ1v) is 12.7. The number of ketones is 1. The Morgan fingerprint density at radius 1 is 1.09 bits per heavy atom. The molecule has 5 heteroatoms. The van der Waals surface area contributed by atoms with Gasteiger partial charge in [-0.1, -0.05) is 49.4 Å². The summed E-state index contributed by atoms with van der Waals surface area (Å²) in [7, 11) is 0. The van der Waals surface area contributed by atoms with E-state index in [1.54, 1.807) is 12.1 Å². The van der Waals surface area contributed by atoms with Crippen LogP contribution in [0.3, 0.4) is 0 Å². The van der Waals surface area contributed by atoms with Crippen molar-refractivity contribution in [3.63, 3.8) is 0 Å². The van der Waals surface area contributed by atoms with Crippen LogP contribution < -0.4 is 4.74 Å². The van der Waals surface area contributed by atoms with Crippen molar-refractivity contribution in [1.29, 1.82) is 0 Å². The van der Waals surface area contributed by atoms with Crippen molar-refractivity contribution in [3.8, 4) is 22.6 Å². The molecule has 2 heterocycles. The molecule has 1 aromatic heterocycles. The number of thiophene rings is 1. The molecule has 0 saturated carbocycles. The van der Waals surface area contributed by atoms with Gasteiger partial charge in [0, 0.05) is 34.3 Å². The molecule has 0 aliphatic carbocycles. The second-order valence-electron chi connectivity index (χ2n) is 9.10. The van der Waals surface area contributed by atoms with E-state index in [-0.39, 0.29) is 11.5 Å². The van der Waals surface area contributed by atoms with E-state index >= 15 is 0 Å². The highest BCUT2D eigenvalue weighted by Crippen LogP contribution is 2.41. The lowest BCUT2D eigenvalue weighted by molar-refractivity contribution is 0.104. The molecule has 4 nitrogen and oxygen atoms in total. The van der Waals surface area contributed by atoms with E-state index in [4.69, 9.17) is 4.74 Å². The molecule has 0 radical (unpaired) electrons. The number of carbonyl (C=O) groups excluding carboxylic acids is 1. The minimum Gasteiger partial charge on any atom is -0.508 e. The molecule has 3 aromatic carbocycles. The van der Waals surface area contributed by atoms with Gasteiger partial charge in [0.15, 0.2) is 0 Å². The molecule has 0 amide bonds. The number of aromatic hydroxyl groups is 1. The first-order chi connectivity index (χ1) is 16.6. The van der Waals surface area contributed by atoms with Crippen molar-refractivity contribution >= 4 is 27.2 Å². The molecule has 34 heavy (non-hydrogen) atoms. The van der Waals surface area contributed by atoms with Crippen LogP contribution >= 0.6 is 11.3 Å². The quantitative estimate of drug-likeness (QED) is 0.232. The smallest absolute Gasteiger partial charge is 0.203 e. The lowest BCUT2D eigenvalue weighted by atomic mass is 9.98. The van der Waals surface area contributed by atoms with Crippen LogP contribution in [0, 0.1) is 5.92 Å². The molecule has 0 unspecified atom stereocenters. The zero-order valence-electron chi connectivity index (χ0n) is 19.4. The van der Waals surface area contributed by atoms with Crippen molar-refractivity contribution in [2.75, 3.05) is 26.2 Å². The zero-order chi connectivity index (χ0) is 23.5. The number of phenols is 1. The van der Waals surface area contributed by atoms with Crippen LogP contribution in [0.2, 0.25) is 0 Å². The summed E-state index contributed by atoms with van der Waals surface area (Å²) in [6.45, 7) is 6.50. The van der Waals surface area contributed by atoms with E-state index in [0.29, 0.717) is 17.0 Å². The van der Waals surface area contributed by atoms with Gasteiger partial charge in [-0.05, 0) is 61.2 Å². The highest BCUT2D eigenvalue weighted by Gasteiger charge is 2.21. The standard InChI is InChI=1S/C29H29NO3S/c1-20-14-16-30(19-20)15-5-17-33-24-11-8-21(9-12-24)27-25-13-10-23(31)18-26(25)34-29(27)28(32)22-6-3-2-4-7-22/h2-4,6-13,18,20,31H,5,14-17,19H2,1H3/t20-/m0/s1. The predicted molar refractivity (Wildman–Crippen MR) is 139 cm³/mol. The molecule has 1 aliphatic rings. The third-order valence-corrected chi connectivity index (χ3v) is 7.61. The van der Waals surface area contributed by atoms with Crippen molar-refractivity contribution < 1.29 is 14.6 Å². The van der Waals surface area contributed by atoms with Crippen LogP contribution in [0.1, 0.15) is 35.0 Å². The molecule has 4 aromatic rings. The summed E-state index contributed by atoms with van der Waals surface area (Å²) in [6.07, 6.45) is 2.32. The maximum atomic E-state index is 13.4. The number of ether oxygens (including phenoxy) is 1. The Morgan fingerprint density at radius 2 is 1.88 bits per heavy atom. The number of hydrogen-bond donors (Lipinski definition) is 1. The molecule has 174 valence electrons. The number of likely N-dealkylation sites (tertiary alicyclic amines) is 1. The third kappa shape index (κ3) is 4.86. The molecular formula is C29H29NO3S. The Balaban J connectivity index is 1.36. The maximum absolute atomic E-state index is 13.4. The van der Waals surface area contributed by atoms with Crippen LogP contribution in [0.4, 0.5) is 0 Å². The fourth-order valence-electron chi connectivity index (χ4n) is 4.68. The number of hydrogen-bond acceptors (Lipinski definition) is 5. The number of phenolic OH excluding ortho intramolecular Hbond substituents is 1. The van der Waals surface area contributed by atoms with Crippen molar-refractivity contribution in [2.45, 2.75) is 19.8 Å². The van der Waals surface area contributed by atoms with Gasteiger partial charge in [-0.15, -0.1) is 11.3 Å². The van der Waals surface area contributed by atoms with Gasteiger partial charge in [0.2, 0.25) is 5.78 Å². The Kier molecular flexibility index (Phi) is 6.66. The van der Waals surface area contributed by atoms with Crippen LogP contribution in [-0.2, 0) is 0 Å². The zero-order valence-corrected chi connectivity index (χ0v) is 20.2. The van der Waals surface area contributed by atoms with Gasteiger partial charge in [0.05, 0.1) is 11.5 Å². The van der Waals surface area contributed by atoms with Crippen molar-refractivity contribution in [2.24, 2.45) is 5.92 Å². The molecular weight excluding hydrogens is 442 g/mol. The molecule has 1 fully saturated rings. The Labute approximate surface area is 204 Å². The van der Waals surface area contributed by atoms with Gasteiger partial charge in [-0.2, -0.15) is 0 Å². The van der Waals surface area contributed by atoms with Gasteiger partial charge >= 0.3 is 0 Å². The van der Waals surface area contributed by atoms with Gasteiger partial charge < -0.3 is 14.7 Å². The van der Waals surface area contributed by atoms with Crippen molar-refractivity contribution in [3.05, 3.63) is 83.2 Å². The first-order valence-electron chi connectivity index (χ1n) is 11.9. The molecule has 0 bridgehead atoms. The minimum atomic E-state index is -0.00662. The second-order valence-corrected chi connectivity index (χ2v) is 10.2. The molecule has 1 aliphatic heterocycles. The molecule has 5 rings (SSSR count). The van der Waals surface area contributed by atoms with Crippen molar-refractivity contribution in [1.82, 2.24) is 4.90 Å². The van der Waals surface area contributed by atoms with E-state index in [9.17, 15) is 9.90 Å². The maximum Gasteiger partial charge on any atom is 0.203 e. The molecule has 0 spiro atoms. The number of nitrogens with zero attached hydrogens (tertiary/aromatic N) is 1. The minimum absolute atomic E-state index is 0.00662. The highest BCUT2D eigenvalue weighted by molar-refractivity contribution is 7.21. The average Bonchev–Trinajstić information content (AvgIpc) is 3.45. The molecule has 1 N–H and O–H groups in total. The Bertz CT molecular complexity index is 1280. The lowest BCUT2D eigenvalue weighted by Gasteiger charge is -2.15. The van der Waals surface area contributed by atoms with Crippen LogP contribution in [0.25, 0.3) is 21.2 Å². The summed E-state index contributed by atoms with van der Waals surface area (Å²) in [4.78, 5) is 16.6. The first kappa shape index (κ1) is 22.6. The van der Waals surface area contributed by atoms with E-state index < -0.39 is 0 Å². The van der Waals surface area contributed by atoms with E-state index in [0.717, 1.165) is 45.8 Å². The normalized spacial score (nSPS) is 16.2. The number of carbonyl (C=O) groups is 1. The third-order valence-electron chi connectivity index (χ3n) is 6.45. The van der Waals surface area contributed by atoms with Crippen LogP contribution in [-0.4, -0.2) is 42.0 Å². The monoisotopic (exact) mass is 471 g/mol. The van der Waals surface area contributed by atoms with Crippen LogP contribution in [0.15, 0.2) is 72.8 Å². The van der Waals surface area contributed by atoms with E-state index in [2.05, 4.69) is 11.8 Å². The number of benzene rings is 3. The number of fused-ring (bicyclic) bond motifs is 1. The van der Waals surface area contributed by atoms with Gasteiger partial charge in [-0.25, -0.2) is 0 Å². The average molecular weight is 472 g/mol.